The van der Waals surface area contributed by atoms with Gasteiger partial charge < -0.3 is 4.57 Å². The molecule has 0 spiro atoms. The number of hydrogen-bond acceptors (Lipinski definition) is 4. The first-order valence-electron chi connectivity index (χ1n) is 8.65. The van der Waals surface area contributed by atoms with Crippen LogP contribution in [0, 0.1) is 6.92 Å². The van der Waals surface area contributed by atoms with E-state index in [-0.39, 0.29) is 6.04 Å². The van der Waals surface area contributed by atoms with Crippen LogP contribution in [-0.4, -0.2) is 29.3 Å². The maximum absolute atomic E-state index is 4.65. The van der Waals surface area contributed by atoms with Crippen molar-refractivity contribution in [2.24, 2.45) is 0 Å². The van der Waals surface area contributed by atoms with Crippen LogP contribution in [0.1, 0.15) is 23.7 Å². The van der Waals surface area contributed by atoms with E-state index in [1.807, 2.05) is 48.3 Å². The molecule has 1 atom stereocenters. The summed E-state index contributed by atoms with van der Waals surface area (Å²) in [5.74, 6) is 0.876. The highest BCUT2D eigenvalue weighted by Gasteiger charge is 2.18. The highest BCUT2D eigenvalue weighted by Crippen LogP contribution is 2.28. The SMILES string of the molecule is Cc1cccc(-c2nccn2C(CCn2cncn2)c2ccccc2)n1. The Morgan fingerprint density at radius 2 is 1.92 bits per heavy atom. The number of aromatic nitrogens is 6. The monoisotopic (exact) mass is 344 g/mol. The molecule has 6 heteroatoms. The molecule has 3 aromatic heterocycles. The van der Waals surface area contributed by atoms with E-state index in [0.29, 0.717) is 0 Å². The van der Waals surface area contributed by atoms with Gasteiger partial charge in [-0.25, -0.2) is 15.0 Å². The van der Waals surface area contributed by atoms with Gasteiger partial charge in [-0.05, 0) is 31.0 Å². The molecular weight excluding hydrogens is 324 g/mol. The van der Waals surface area contributed by atoms with Crippen molar-refractivity contribution in [3.05, 3.63) is 84.8 Å². The third-order valence-corrected chi connectivity index (χ3v) is 4.40. The summed E-state index contributed by atoms with van der Waals surface area (Å²) >= 11 is 0. The number of hydrogen-bond donors (Lipinski definition) is 0. The van der Waals surface area contributed by atoms with Gasteiger partial charge in [0.15, 0.2) is 5.82 Å². The minimum absolute atomic E-state index is 0.139. The van der Waals surface area contributed by atoms with Crippen LogP contribution in [0.4, 0.5) is 0 Å². The minimum atomic E-state index is 0.139. The molecule has 3 heterocycles. The highest BCUT2D eigenvalue weighted by atomic mass is 15.3. The van der Waals surface area contributed by atoms with Crippen molar-refractivity contribution in [3.63, 3.8) is 0 Å². The lowest BCUT2D eigenvalue weighted by molar-refractivity contribution is 0.471. The summed E-state index contributed by atoms with van der Waals surface area (Å²) < 4.78 is 4.06. The van der Waals surface area contributed by atoms with Gasteiger partial charge in [-0.15, -0.1) is 0 Å². The second-order valence-electron chi connectivity index (χ2n) is 6.20. The Morgan fingerprint density at radius 1 is 1.04 bits per heavy atom. The molecule has 0 radical (unpaired) electrons. The van der Waals surface area contributed by atoms with Gasteiger partial charge in [0.25, 0.3) is 0 Å². The van der Waals surface area contributed by atoms with Gasteiger partial charge in [0.05, 0.1) is 6.04 Å². The van der Waals surface area contributed by atoms with E-state index in [2.05, 4.69) is 48.9 Å². The normalized spacial score (nSPS) is 12.2. The first kappa shape index (κ1) is 16.2. The predicted molar refractivity (Wildman–Crippen MR) is 99.4 cm³/mol. The molecule has 130 valence electrons. The standard InChI is InChI=1S/C20H20N6/c1-16-6-5-9-18(24-16)20-22-11-13-26(20)19(17-7-3-2-4-8-17)10-12-25-15-21-14-23-25/h2-9,11,13-15,19H,10,12H2,1H3. The lowest BCUT2D eigenvalue weighted by Crippen LogP contribution is -2.15. The molecular formula is C20H20N6. The summed E-state index contributed by atoms with van der Waals surface area (Å²) in [5.41, 5.74) is 3.10. The van der Waals surface area contributed by atoms with Crippen LogP contribution in [0.3, 0.4) is 0 Å². The molecule has 0 aliphatic carbocycles. The summed E-state index contributed by atoms with van der Waals surface area (Å²) in [6.07, 6.45) is 8.06. The van der Waals surface area contributed by atoms with Gasteiger partial charge in [-0.1, -0.05) is 36.4 Å². The fourth-order valence-electron chi connectivity index (χ4n) is 3.17. The Labute approximate surface area is 152 Å². The van der Waals surface area contributed by atoms with E-state index in [4.69, 9.17) is 0 Å². The van der Waals surface area contributed by atoms with E-state index < -0.39 is 0 Å². The fourth-order valence-corrected chi connectivity index (χ4v) is 3.17. The first-order valence-corrected chi connectivity index (χ1v) is 8.65. The third kappa shape index (κ3) is 3.39. The van der Waals surface area contributed by atoms with Crippen molar-refractivity contribution in [1.29, 1.82) is 0 Å². The smallest absolute Gasteiger partial charge is 0.159 e. The van der Waals surface area contributed by atoms with Crippen molar-refractivity contribution in [2.45, 2.75) is 25.9 Å². The topological polar surface area (TPSA) is 61.4 Å². The Balaban J connectivity index is 1.71. The number of rotatable bonds is 6. The average Bonchev–Trinajstić information content (AvgIpc) is 3.35. The van der Waals surface area contributed by atoms with Gasteiger partial charge >= 0.3 is 0 Å². The molecule has 4 rings (SSSR count). The molecule has 0 amide bonds. The van der Waals surface area contributed by atoms with E-state index in [9.17, 15) is 0 Å². The Hall–Kier alpha value is -3.28. The van der Waals surface area contributed by atoms with Crippen LogP contribution < -0.4 is 0 Å². The summed E-state index contributed by atoms with van der Waals surface area (Å²) in [6, 6.07) is 16.6. The van der Waals surface area contributed by atoms with Crippen molar-refractivity contribution >= 4 is 0 Å². The van der Waals surface area contributed by atoms with Crippen LogP contribution >= 0.6 is 0 Å². The number of pyridine rings is 1. The lowest BCUT2D eigenvalue weighted by atomic mass is 10.0. The van der Waals surface area contributed by atoms with Crippen molar-refractivity contribution in [3.8, 4) is 11.5 Å². The molecule has 4 aromatic rings. The van der Waals surface area contributed by atoms with Gasteiger partial charge in [-0.2, -0.15) is 5.10 Å². The quantitative estimate of drug-likeness (QED) is 0.537. The largest absolute Gasteiger partial charge is 0.322 e. The highest BCUT2D eigenvalue weighted by molar-refractivity contribution is 5.50. The summed E-state index contributed by atoms with van der Waals surface area (Å²) in [4.78, 5) is 13.3. The van der Waals surface area contributed by atoms with Crippen LogP contribution in [-0.2, 0) is 6.54 Å². The lowest BCUT2D eigenvalue weighted by Gasteiger charge is -2.21. The number of nitrogens with zero attached hydrogens (tertiary/aromatic N) is 6. The molecule has 0 saturated heterocycles. The van der Waals surface area contributed by atoms with Gasteiger partial charge in [0, 0.05) is 24.6 Å². The summed E-state index contributed by atoms with van der Waals surface area (Å²) in [6.45, 7) is 2.77. The maximum atomic E-state index is 4.65. The first-order chi connectivity index (χ1) is 12.8. The van der Waals surface area contributed by atoms with Crippen LogP contribution in [0.2, 0.25) is 0 Å². The molecule has 0 bridgehead atoms. The Bertz CT molecular complexity index is 959. The molecule has 0 N–H and O–H groups in total. The van der Waals surface area contributed by atoms with E-state index >= 15 is 0 Å². The van der Waals surface area contributed by atoms with Gasteiger partial charge in [0.1, 0.15) is 18.3 Å². The molecule has 6 nitrogen and oxygen atoms in total. The zero-order valence-corrected chi connectivity index (χ0v) is 14.6. The van der Waals surface area contributed by atoms with E-state index in [1.165, 1.54) is 5.56 Å². The van der Waals surface area contributed by atoms with Crippen LogP contribution in [0.25, 0.3) is 11.5 Å². The van der Waals surface area contributed by atoms with E-state index in [1.54, 1.807) is 12.7 Å². The molecule has 1 aromatic carbocycles. The Morgan fingerprint density at radius 3 is 2.69 bits per heavy atom. The third-order valence-electron chi connectivity index (χ3n) is 4.40. The number of imidazole rings is 1. The fraction of sp³-hybridized carbons (Fsp3) is 0.200. The van der Waals surface area contributed by atoms with Crippen molar-refractivity contribution in [2.75, 3.05) is 0 Å². The maximum Gasteiger partial charge on any atom is 0.159 e. The second kappa shape index (κ2) is 7.31. The molecule has 0 aliphatic rings. The molecule has 0 fully saturated rings. The van der Waals surface area contributed by atoms with E-state index in [0.717, 1.165) is 30.2 Å². The zero-order valence-electron chi connectivity index (χ0n) is 14.6. The molecule has 1 unspecified atom stereocenters. The van der Waals surface area contributed by atoms with Crippen molar-refractivity contribution < 1.29 is 0 Å². The second-order valence-corrected chi connectivity index (χ2v) is 6.20. The number of aryl methyl sites for hydroxylation is 2. The molecule has 0 saturated carbocycles. The predicted octanol–water partition coefficient (Wildman–Crippen LogP) is 3.52. The summed E-state index contributed by atoms with van der Waals surface area (Å²) in [7, 11) is 0. The van der Waals surface area contributed by atoms with Crippen LogP contribution in [0.5, 0.6) is 0 Å². The molecule has 26 heavy (non-hydrogen) atoms. The van der Waals surface area contributed by atoms with Gasteiger partial charge in [0.2, 0.25) is 0 Å². The number of benzene rings is 1. The molecule has 0 aliphatic heterocycles. The van der Waals surface area contributed by atoms with Crippen LogP contribution in [0.15, 0.2) is 73.6 Å². The minimum Gasteiger partial charge on any atom is -0.322 e. The Kier molecular flexibility index (Phi) is 4.55. The summed E-state index contributed by atoms with van der Waals surface area (Å²) in [5, 5.41) is 4.22. The van der Waals surface area contributed by atoms with Gasteiger partial charge in [-0.3, -0.25) is 4.68 Å². The average molecular weight is 344 g/mol. The van der Waals surface area contributed by atoms with Crippen molar-refractivity contribution in [1.82, 2.24) is 29.3 Å². The zero-order chi connectivity index (χ0) is 17.8.